The number of halogens is 2. The molecule has 0 radical (unpaired) electrons. The lowest BCUT2D eigenvalue weighted by Gasteiger charge is -2.22. The average molecular weight is 445 g/mol. The Hall–Kier alpha value is -2.42. The van der Waals surface area contributed by atoms with Crippen molar-refractivity contribution in [2.45, 2.75) is 38.8 Å². The second-order valence-electron chi connectivity index (χ2n) is 7.48. The zero-order valence-electron chi connectivity index (χ0n) is 16.5. The first-order valence-electron chi connectivity index (χ1n) is 10.1. The first-order chi connectivity index (χ1) is 14.6. The number of hydrogen-bond donors (Lipinski definition) is 3. The molecular formula is C20H22Cl2N8. The monoisotopic (exact) mass is 444 g/mol. The summed E-state index contributed by atoms with van der Waals surface area (Å²) in [7, 11) is 0. The standard InChI is InChI=1S/C20H22Cl2N8/c1-2-30-10-25-17-19(28-18(29-20(17)30)11-3-5-23-6-4-11)24-9-16-26-14-7-12(21)13(22)8-15(14)27-16/h7-8,10-11,23H,2-6,9H2,1H3,(H,26,27)(H,24,28,29). The van der Waals surface area contributed by atoms with Gasteiger partial charge in [0.05, 0.1) is 34.0 Å². The van der Waals surface area contributed by atoms with Crippen LogP contribution < -0.4 is 10.6 Å². The van der Waals surface area contributed by atoms with Crippen molar-refractivity contribution in [3.05, 3.63) is 40.2 Å². The maximum atomic E-state index is 6.12. The smallest absolute Gasteiger partial charge is 0.165 e. The van der Waals surface area contributed by atoms with Crippen LogP contribution in [0.25, 0.3) is 22.2 Å². The van der Waals surface area contributed by atoms with E-state index in [1.54, 1.807) is 12.1 Å². The second-order valence-corrected chi connectivity index (χ2v) is 8.29. The maximum Gasteiger partial charge on any atom is 0.165 e. The van der Waals surface area contributed by atoms with Crippen molar-refractivity contribution in [3.8, 4) is 0 Å². The van der Waals surface area contributed by atoms with Crippen LogP contribution >= 0.6 is 23.2 Å². The van der Waals surface area contributed by atoms with Gasteiger partial charge in [0.15, 0.2) is 11.5 Å². The van der Waals surface area contributed by atoms with E-state index in [1.807, 2.05) is 6.33 Å². The van der Waals surface area contributed by atoms with Gasteiger partial charge in [-0.1, -0.05) is 23.2 Å². The summed E-state index contributed by atoms with van der Waals surface area (Å²) in [4.78, 5) is 22.2. The SMILES string of the molecule is CCn1cnc2c(NCc3nc4cc(Cl)c(Cl)cc4[nH]3)nc(C3CCNCC3)nc21. The molecule has 10 heteroatoms. The predicted octanol–water partition coefficient (Wildman–Crippen LogP) is 4.11. The van der Waals surface area contributed by atoms with Crippen LogP contribution in [-0.4, -0.2) is 42.6 Å². The number of nitrogens with one attached hydrogen (secondary N) is 3. The number of aromatic amines is 1. The zero-order valence-corrected chi connectivity index (χ0v) is 18.1. The number of fused-ring (bicyclic) bond motifs is 2. The fraction of sp³-hybridized carbons (Fsp3) is 0.400. The predicted molar refractivity (Wildman–Crippen MR) is 119 cm³/mol. The fourth-order valence-corrected chi connectivity index (χ4v) is 4.21. The molecule has 0 aliphatic carbocycles. The van der Waals surface area contributed by atoms with Crippen molar-refractivity contribution < 1.29 is 0 Å². The van der Waals surface area contributed by atoms with E-state index < -0.39 is 0 Å². The van der Waals surface area contributed by atoms with E-state index in [2.05, 4.69) is 37.1 Å². The molecule has 1 fully saturated rings. The summed E-state index contributed by atoms with van der Waals surface area (Å²) in [5.74, 6) is 2.74. The Morgan fingerprint density at radius 2 is 1.93 bits per heavy atom. The molecule has 1 aliphatic rings. The van der Waals surface area contributed by atoms with Crippen LogP contribution in [0.1, 0.15) is 37.3 Å². The van der Waals surface area contributed by atoms with Gasteiger partial charge in [0.2, 0.25) is 0 Å². The van der Waals surface area contributed by atoms with Gasteiger partial charge >= 0.3 is 0 Å². The molecule has 30 heavy (non-hydrogen) atoms. The van der Waals surface area contributed by atoms with Gasteiger partial charge in [-0.2, -0.15) is 0 Å². The molecule has 5 rings (SSSR count). The first-order valence-corrected chi connectivity index (χ1v) is 10.9. The van der Waals surface area contributed by atoms with Gasteiger partial charge < -0.3 is 20.2 Å². The van der Waals surface area contributed by atoms with E-state index in [0.717, 1.165) is 72.1 Å². The van der Waals surface area contributed by atoms with Gasteiger partial charge in [0, 0.05) is 12.5 Å². The van der Waals surface area contributed by atoms with Crippen LogP contribution in [-0.2, 0) is 13.1 Å². The van der Waals surface area contributed by atoms with E-state index in [0.29, 0.717) is 22.5 Å². The lowest BCUT2D eigenvalue weighted by molar-refractivity contribution is 0.446. The number of H-pyrrole nitrogens is 1. The number of imidazole rings is 2. The second kappa shape index (κ2) is 8.02. The fourth-order valence-electron chi connectivity index (χ4n) is 3.89. The number of benzene rings is 1. The molecule has 0 unspecified atom stereocenters. The van der Waals surface area contributed by atoms with E-state index in [4.69, 9.17) is 33.2 Å². The summed E-state index contributed by atoms with van der Waals surface area (Å²) in [6, 6.07) is 3.55. The Morgan fingerprint density at radius 3 is 2.73 bits per heavy atom. The lowest BCUT2D eigenvalue weighted by Crippen LogP contribution is -2.27. The van der Waals surface area contributed by atoms with Gasteiger partial charge in [0.1, 0.15) is 17.2 Å². The van der Waals surface area contributed by atoms with Gasteiger partial charge in [-0.25, -0.2) is 19.9 Å². The van der Waals surface area contributed by atoms with Crippen molar-refractivity contribution in [1.82, 2.24) is 34.8 Å². The van der Waals surface area contributed by atoms with Crippen molar-refractivity contribution in [2.75, 3.05) is 18.4 Å². The highest BCUT2D eigenvalue weighted by Crippen LogP contribution is 2.28. The van der Waals surface area contributed by atoms with Crippen LogP contribution in [0.15, 0.2) is 18.5 Å². The molecule has 0 amide bonds. The molecule has 1 saturated heterocycles. The lowest BCUT2D eigenvalue weighted by atomic mass is 9.97. The van der Waals surface area contributed by atoms with Crippen molar-refractivity contribution in [1.29, 1.82) is 0 Å². The van der Waals surface area contributed by atoms with Gasteiger partial charge in [-0.05, 0) is 45.0 Å². The number of rotatable bonds is 5. The molecule has 4 heterocycles. The molecule has 4 aromatic rings. The number of anilines is 1. The van der Waals surface area contributed by atoms with E-state index in [1.165, 1.54) is 0 Å². The van der Waals surface area contributed by atoms with E-state index in [9.17, 15) is 0 Å². The van der Waals surface area contributed by atoms with Crippen LogP contribution in [0.3, 0.4) is 0 Å². The molecule has 156 valence electrons. The van der Waals surface area contributed by atoms with E-state index in [-0.39, 0.29) is 0 Å². The molecule has 0 saturated carbocycles. The van der Waals surface area contributed by atoms with Crippen molar-refractivity contribution >= 4 is 51.2 Å². The molecule has 1 aromatic carbocycles. The Labute approximate surface area is 183 Å². The minimum atomic E-state index is 0.354. The highest BCUT2D eigenvalue weighted by Gasteiger charge is 2.21. The van der Waals surface area contributed by atoms with Gasteiger partial charge in [-0.15, -0.1) is 0 Å². The van der Waals surface area contributed by atoms with E-state index >= 15 is 0 Å². The summed E-state index contributed by atoms with van der Waals surface area (Å²) < 4.78 is 2.05. The van der Waals surface area contributed by atoms with Crippen LogP contribution in [0.4, 0.5) is 5.82 Å². The van der Waals surface area contributed by atoms with Crippen LogP contribution in [0, 0.1) is 0 Å². The molecule has 3 aromatic heterocycles. The number of aromatic nitrogens is 6. The Balaban J connectivity index is 1.47. The largest absolute Gasteiger partial charge is 0.361 e. The average Bonchev–Trinajstić information content (AvgIpc) is 3.36. The summed E-state index contributed by atoms with van der Waals surface area (Å²) in [5.41, 5.74) is 3.27. The number of nitrogens with zero attached hydrogens (tertiary/aromatic N) is 5. The number of piperidine rings is 1. The molecule has 0 bridgehead atoms. The summed E-state index contributed by atoms with van der Waals surface area (Å²) in [5, 5.41) is 7.80. The minimum absolute atomic E-state index is 0.354. The van der Waals surface area contributed by atoms with Crippen molar-refractivity contribution in [2.24, 2.45) is 0 Å². The Morgan fingerprint density at radius 1 is 1.13 bits per heavy atom. The molecular weight excluding hydrogens is 423 g/mol. The van der Waals surface area contributed by atoms with Crippen LogP contribution in [0.2, 0.25) is 10.0 Å². The molecule has 8 nitrogen and oxygen atoms in total. The Bertz CT molecular complexity index is 1170. The third-order valence-electron chi connectivity index (χ3n) is 5.52. The molecule has 0 atom stereocenters. The molecule has 0 spiro atoms. The number of hydrogen-bond acceptors (Lipinski definition) is 6. The van der Waals surface area contributed by atoms with Gasteiger partial charge in [0.25, 0.3) is 0 Å². The molecule has 3 N–H and O–H groups in total. The highest BCUT2D eigenvalue weighted by molar-refractivity contribution is 6.42. The molecule has 1 aliphatic heterocycles. The summed E-state index contributed by atoms with van der Waals surface area (Å²) in [6.45, 7) is 5.35. The topological polar surface area (TPSA) is 96.3 Å². The quantitative estimate of drug-likeness (QED) is 0.428. The third-order valence-corrected chi connectivity index (χ3v) is 6.24. The Kier molecular flexibility index (Phi) is 5.22. The number of aryl methyl sites for hydroxylation is 1. The first kappa shape index (κ1) is 19.5. The van der Waals surface area contributed by atoms with Crippen molar-refractivity contribution in [3.63, 3.8) is 0 Å². The summed E-state index contributed by atoms with van der Waals surface area (Å²) in [6.07, 6.45) is 3.90. The third kappa shape index (κ3) is 3.59. The zero-order chi connectivity index (χ0) is 20.7. The van der Waals surface area contributed by atoms with Crippen LogP contribution in [0.5, 0.6) is 0 Å². The highest BCUT2D eigenvalue weighted by atomic mass is 35.5. The van der Waals surface area contributed by atoms with Gasteiger partial charge in [-0.3, -0.25) is 0 Å². The normalized spacial score (nSPS) is 15.3. The minimum Gasteiger partial charge on any atom is -0.361 e. The summed E-state index contributed by atoms with van der Waals surface area (Å²) >= 11 is 12.2. The maximum absolute atomic E-state index is 6.12.